The van der Waals surface area contributed by atoms with Crippen LogP contribution in [0.2, 0.25) is 0 Å². The SMILES string of the molecule is CCNC(=NCCCc1cn(-c2ccccc2)nc1C)NCCCOCC1CCOCC1. The molecule has 32 heavy (non-hydrogen) atoms. The third-order valence-electron chi connectivity index (χ3n) is 5.69. The fourth-order valence-electron chi connectivity index (χ4n) is 3.80. The smallest absolute Gasteiger partial charge is 0.191 e. The van der Waals surface area contributed by atoms with E-state index in [4.69, 9.17) is 14.5 Å². The molecule has 0 atom stereocenters. The second-order valence-electron chi connectivity index (χ2n) is 8.30. The van der Waals surface area contributed by atoms with E-state index in [1.165, 1.54) is 5.56 Å². The predicted octanol–water partition coefficient (Wildman–Crippen LogP) is 3.50. The van der Waals surface area contributed by atoms with E-state index in [0.717, 1.165) is 95.5 Å². The standard InChI is InChI=1S/C25H39N5O2/c1-3-26-25(28-15-8-16-32-20-22-12-17-31-18-13-22)27-14-7-9-23-19-30(29-21(23)2)24-10-5-4-6-11-24/h4-6,10-11,19,22H,3,7-9,12-18,20H2,1-2H3,(H2,26,27,28). The predicted molar refractivity (Wildman–Crippen MR) is 130 cm³/mol. The second-order valence-corrected chi connectivity index (χ2v) is 8.30. The van der Waals surface area contributed by atoms with Crippen LogP contribution < -0.4 is 10.6 Å². The van der Waals surface area contributed by atoms with Gasteiger partial charge in [-0.1, -0.05) is 18.2 Å². The highest BCUT2D eigenvalue weighted by Gasteiger charge is 2.13. The Morgan fingerprint density at radius 1 is 1.19 bits per heavy atom. The fourth-order valence-corrected chi connectivity index (χ4v) is 3.80. The summed E-state index contributed by atoms with van der Waals surface area (Å²) in [4.78, 5) is 4.73. The summed E-state index contributed by atoms with van der Waals surface area (Å²) < 4.78 is 13.2. The highest BCUT2D eigenvalue weighted by Crippen LogP contribution is 2.15. The van der Waals surface area contributed by atoms with E-state index < -0.39 is 0 Å². The molecule has 7 heteroatoms. The topological polar surface area (TPSA) is 72.7 Å². The van der Waals surface area contributed by atoms with Gasteiger partial charge in [0.2, 0.25) is 0 Å². The van der Waals surface area contributed by atoms with Crippen molar-refractivity contribution in [1.29, 1.82) is 0 Å². The Hall–Kier alpha value is -2.38. The number of aliphatic imine (C=N–C) groups is 1. The maximum Gasteiger partial charge on any atom is 0.191 e. The van der Waals surface area contributed by atoms with Crippen molar-refractivity contribution < 1.29 is 9.47 Å². The number of ether oxygens (including phenoxy) is 2. The molecule has 0 saturated carbocycles. The number of rotatable bonds is 12. The van der Waals surface area contributed by atoms with Crippen molar-refractivity contribution in [3.05, 3.63) is 47.8 Å². The number of aryl methyl sites for hydroxylation is 2. The van der Waals surface area contributed by atoms with Crippen LogP contribution in [-0.2, 0) is 15.9 Å². The number of guanidine groups is 1. The molecule has 0 amide bonds. The molecule has 1 aliphatic rings. The first-order chi connectivity index (χ1) is 15.8. The minimum atomic E-state index is 0.666. The average molecular weight is 442 g/mol. The summed E-state index contributed by atoms with van der Waals surface area (Å²) in [5.41, 5.74) is 3.46. The van der Waals surface area contributed by atoms with Gasteiger partial charge in [-0.2, -0.15) is 5.10 Å². The van der Waals surface area contributed by atoms with E-state index in [9.17, 15) is 0 Å². The Morgan fingerprint density at radius 2 is 2.00 bits per heavy atom. The van der Waals surface area contributed by atoms with Gasteiger partial charge in [0, 0.05) is 52.3 Å². The molecule has 1 aliphatic heterocycles. The Morgan fingerprint density at radius 3 is 2.78 bits per heavy atom. The van der Waals surface area contributed by atoms with Gasteiger partial charge in [-0.3, -0.25) is 4.99 Å². The molecule has 0 aliphatic carbocycles. The van der Waals surface area contributed by atoms with Gasteiger partial charge < -0.3 is 20.1 Å². The van der Waals surface area contributed by atoms with Crippen LogP contribution in [0.15, 0.2) is 41.5 Å². The first-order valence-electron chi connectivity index (χ1n) is 12.0. The summed E-state index contributed by atoms with van der Waals surface area (Å²) in [6.07, 6.45) is 7.33. The van der Waals surface area contributed by atoms with E-state index >= 15 is 0 Å². The van der Waals surface area contributed by atoms with E-state index in [0.29, 0.717) is 5.92 Å². The Bertz CT molecular complexity index is 800. The normalized spacial score (nSPS) is 15.1. The molecule has 2 aromatic rings. The molecule has 1 aromatic carbocycles. The van der Waals surface area contributed by atoms with Gasteiger partial charge in [-0.15, -0.1) is 0 Å². The summed E-state index contributed by atoms with van der Waals surface area (Å²) in [6.45, 7) is 10.1. The lowest BCUT2D eigenvalue weighted by Crippen LogP contribution is -2.38. The van der Waals surface area contributed by atoms with Crippen molar-refractivity contribution in [2.24, 2.45) is 10.9 Å². The molecule has 1 saturated heterocycles. The van der Waals surface area contributed by atoms with Gasteiger partial charge in [-0.25, -0.2) is 4.68 Å². The summed E-state index contributed by atoms with van der Waals surface area (Å²) in [6, 6.07) is 10.2. The monoisotopic (exact) mass is 441 g/mol. The van der Waals surface area contributed by atoms with Crippen molar-refractivity contribution in [2.75, 3.05) is 46.1 Å². The number of nitrogens with zero attached hydrogens (tertiary/aromatic N) is 3. The molecule has 0 bridgehead atoms. The van der Waals surface area contributed by atoms with Crippen LogP contribution >= 0.6 is 0 Å². The van der Waals surface area contributed by atoms with Crippen molar-refractivity contribution in [1.82, 2.24) is 20.4 Å². The quantitative estimate of drug-likeness (QED) is 0.300. The van der Waals surface area contributed by atoms with Gasteiger partial charge in [0.15, 0.2) is 5.96 Å². The summed E-state index contributed by atoms with van der Waals surface area (Å²) in [5, 5.41) is 11.4. The minimum Gasteiger partial charge on any atom is -0.381 e. The van der Waals surface area contributed by atoms with Gasteiger partial charge in [-0.05, 0) is 69.6 Å². The number of benzene rings is 1. The zero-order valence-corrected chi connectivity index (χ0v) is 19.7. The lowest BCUT2D eigenvalue weighted by molar-refractivity contribution is 0.0203. The molecule has 0 radical (unpaired) electrons. The van der Waals surface area contributed by atoms with Crippen molar-refractivity contribution in [3.8, 4) is 5.69 Å². The van der Waals surface area contributed by atoms with Gasteiger partial charge in [0.1, 0.15) is 0 Å². The number of para-hydroxylation sites is 1. The van der Waals surface area contributed by atoms with Crippen LogP contribution in [0, 0.1) is 12.8 Å². The molecule has 7 nitrogen and oxygen atoms in total. The molecule has 2 heterocycles. The van der Waals surface area contributed by atoms with E-state index in [1.54, 1.807) is 0 Å². The molecule has 1 fully saturated rings. The maximum absolute atomic E-state index is 5.84. The number of aromatic nitrogens is 2. The van der Waals surface area contributed by atoms with Crippen LogP contribution in [0.5, 0.6) is 0 Å². The number of hydrogen-bond donors (Lipinski definition) is 2. The third-order valence-corrected chi connectivity index (χ3v) is 5.69. The van der Waals surface area contributed by atoms with Crippen molar-refractivity contribution in [3.63, 3.8) is 0 Å². The molecule has 0 unspecified atom stereocenters. The van der Waals surface area contributed by atoms with Gasteiger partial charge in [0.05, 0.1) is 11.4 Å². The minimum absolute atomic E-state index is 0.666. The number of hydrogen-bond acceptors (Lipinski definition) is 4. The van der Waals surface area contributed by atoms with Crippen LogP contribution in [0.1, 0.15) is 43.9 Å². The molecular weight excluding hydrogens is 402 g/mol. The first-order valence-corrected chi connectivity index (χ1v) is 12.0. The van der Waals surface area contributed by atoms with Gasteiger partial charge in [0.25, 0.3) is 0 Å². The maximum atomic E-state index is 5.84. The van der Waals surface area contributed by atoms with E-state index in [1.807, 2.05) is 22.9 Å². The van der Waals surface area contributed by atoms with Crippen molar-refractivity contribution >= 4 is 5.96 Å². The summed E-state index contributed by atoms with van der Waals surface area (Å²) >= 11 is 0. The number of nitrogens with one attached hydrogen (secondary N) is 2. The molecular formula is C25H39N5O2. The summed E-state index contributed by atoms with van der Waals surface area (Å²) in [7, 11) is 0. The lowest BCUT2D eigenvalue weighted by atomic mass is 10.0. The molecule has 0 spiro atoms. The second kappa shape index (κ2) is 13.9. The lowest BCUT2D eigenvalue weighted by Gasteiger charge is -2.21. The molecule has 2 N–H and O–H groups in total. The van der Waals surface area contributed by atoms with E-state index in [-0.39, 0.29) is 0 Å². The first kappa shape index (κ1) is 24.3. The Labute approximate surface area is 192 Å². The van der Waals surface area contributed by atoms with Crippen LogP contribution in [0.3, 0.4) is 0 Å². The van der Waals surface area contributed by atoms with Crippen LogP contribution in [0.4, 0.5) is 0 Å². The van der Waals surface area contributed by atoms with Crippen molar-refractivity contribution in [2.45, 2.75) is 46.0 Å². The van der Waals surface area contributed by atoms with Crippen LogP contribution in [-0.4, -0.2) is 61.8 Å². The third kappa shape index (κ3) is 8.28. The van der Waals surface area contributed by atoms with Gasteiger partial charge >= 0.3 is 0 Å². The highest BCUT2D eigenvalue weighted by molar-refractivity contribution is 5.79. The Balaban J connectivity index is 1.33. The Kier molecular flexibility index (Phi) is 10.5. The zero-order chi connectivity index (χ0) is 22.4. The highest BCUT2D eigenvalue weighted by atomic mass is 16.5. The molecule has 176 valence electrons. The zero-order valence-electron chi connectivity index (χ0n) is 19.7. The van der Waals surface area contributed by atoms with Crippen LogP contribution in [0.25, 0.3) is 5.69 Å². The average Bonchev–Trinajstić information content (AvgIpc) is 3.20. The largest absolute Gasteiger partial charge is 0.381 e. The summed E-state index contributed by atoms with van der Waals surface area (Å²) in [5.74, 6) is 1.55. The molecule has 1 aromatic heterocycles. The van der Waals surface area contributed by atoms with E-state index in [2.05, 4.69) is 47.9 Å². The molecule has 3 rings (SSSR count). The fraction of sp³-hybridized carbons (Fsp3) is 0.600.